The molecule has 0 atom stereocenters. The first-order valence-corrected chi connectivity index (χ1v) is 7.75. The van der Waals surface area contributed by atoms with E-state index in [1.807, 2.05) is 0 Å². The number of hydrogen-bond acceptors (Lipinski definition) is 4. The highest BCUT2D eigenvalue weighted by molar-refractivity contribution is 7.92. The molecule has 0 aliphatic heterocycles. The lowest BCUT2D eigenvalue weighted by molar-refractivity contribution is 0.101. The third-order valence-corrected chi connectivity index (χ3v) is 5.36. The minimum Gasteiger partial charge on any atom is -0.493 e. The molecule has 106 valence electrons. The number of ether oxygens (including phenoxy) is 1. The number of carbonyl (C=O) groups is 1. The monoisotopic (exact) mass is 284 g/mol. The van der Waals surface area contributed by atoms with E-state index in [1.54, 1.807) is 45.0 Å². The highest BCUT2D eigenvalue weighted by Crippen LogP contribution is 2.17. The molecule has 0 amide bonds. The van der Waals surface area contributed by atoms with Crippen molar-refractivity contribution < 1.29 is 17.9 Å². The van der Waals surface area contributed by atoms with Gasteiger partial charge in [0.1, 0.15) is 12.4 Å². The Kier molecular flexibility index (Phi) is 4.74. The Labute approximate surface area is 114 Å². The van der Waals surface area contributed by atoms with Crippen LogP contribution in [0.25, 0.3) is 0 Å². The van der Waals surface area contributed by atoms with Gasteiger partial charge in [-0.3, -0.25) is 4.79 Å². The lowest BCUT2D eigenvalue weighted by atomic mass is 10.1. The van der Waals surface area contributed by atoms with Gasteiger partial charge in [0.25, 0.3) is 0 Å². The van der Waals surface area contributed by atoms with Gasteiger partial charge in [-0.2, -0.15) is 0 Å². The summed E-state index contributed by atoms with van der Waals surface area (Å²) in [4.78, 5) is 11.2. The smallest absolute Gasteiger partial charge is 0.159 e. The molecule has 0 aromatic heterocycles. The summed E-state index contributed by atoms with van der Waals surface area (Å²) < 4.78 is 28.4. The Bertz CT molecular complexity index is 553. The molecule has 0 N–H and O–H groups in total. The fourth-order valence-electron chi connectivity index (χ4n) is 1.38. The van der Waals surface area contributed by atoms with Gasteiger partial charge in [0.05, 0.1) is 10.5 Å². The fourth-order valence-corrected chi connectivity index (χ4v) is 2.30. The van der Waals surface area contributed by atoms with Crippen LogP contribution in [0.5, 0.6) is 5.75 Å². The standard InChI is InChI=1S/C14H20O4S/c1-11(15)12-6-5-7-13(10-12)18-8-9-19(16,17)14(2,3)4/h5-7,10H,8-9H2,1-4H3. The lowest BCUT2D eigenvalue weighted by Gasteiger charge is -2.19. The second-order valence-corrected chi connectivity index (χ2v) is 8.23. The molecule has 1 aromatic carbocycles. The summed E-state index contributed by atoms with van der Waals surface area (Å²) in [7, 11) is -3.19. The summed E-state index contributed by atoms with van der Waals surface area (Å²) in [6, 6.07) is 6.73. The van der Waals surface area contributed by atoms with Crippen molar-refractivity contribution in [3.05, 3.63) is 29.8 Å². The van der Waals surface area contributed by atoms with Gasteiger partial charge in [0.2, 0.25) is 0 Å². The first-order valence-electron chi connectivity index (χ1n) is 6.09. The van der Waals surface area contributed by atoms with E-state index in [0.717, 1.165) is 0 Å². The van der Waals surface area contributed by atoms with Gasteiger partial charge in [0.15, 0.2) is 15.6 Å². The maximum absolute atomic E-state index is 11.9. The molecule has 0 aliphatic rings. The highest BCUT2D eigenvalue weighted by atomic mass is 32.2. The zero-order chi connectivity index (χ0) is 14.7. The number of benzene rings is 1. The maximum atomic E-state index is 11.9. The molecule has 0 aliphatic carbocycles. The average Bonchev–Trinajstić information content (AvgIpc) is 2.27. The predicted molar refractivity (Wildman–Crippen MR) is 75.5 cm³/mol. The van der Waals surface area contributed by atoms with Gasteiger partial charge in [-0.25, -0.2) is 8.42 Å². The van der Waals surface area contributed by atoms with Crippen molar-refractivity contribution in [3.8, 4) is 5.75 Å². The molecule has 1 rings (SSSR count). The van der Waals surface area contributed by atoms with Crippen molar-refractivity contribution in [1.29, 1.82) is 0 Å². The number of sulfone groups is 1. The van der Waals surface area contributed by atoms with E-state index in [-0.39, 0.29) is 18.1 Å². The molecule has 1 aromatic rings. The molecule has 0 saturated carbocycles. The highest BCUT2D eigenvalue weighted by Gasteiger charge is 2.28. The Morgan fingerprint density at radius 3 is 2.42 bits per heavy atom. The molecule has 0 bridgehead atoms. The second kappa shape index (κ2) is 5.74. The molecule has 5 heteroatoms. The number of rotatable bonds is 5. The Morgan fingerprint density at radius 1 is 1.26 bits per heavy atom. The summed E-state index contributed by atoms with van der Waals surface area (Å²) in [5.74, 6) is 0.422. The molecule has 0 saturated heterocycles. The van der Waals surface area contributed by atoms with Crippen molar-refractivity contribution in [2.75, 3.05) is 12.4 Å². The van der Waals surface area contributed by atoms with Crippen molar-refractivity contribution in [2.24, 2.45) is 0 Å². The molecule has 0 radical (unpaired) electrons. The van der Waals surface area contributed by atoms with E-state index in [4.69, 9.17) is 4.74 Å². The molecule has 0 fully saturated rings. The van der Waals surface area contributed by atoms with Gasteiger partial charge in [-0.15, -0.1) is 0 Å². The van der Waals surface area contributed by atoms with E-state index in [1.165, 1.54) is 6.92 Å². The van der Waals surface area contributed by atoms with Crippen LogP contribution in [-0.4, -0.2) is 31.3 Å². The van der Waals surface area contributed by atoms with Gasteiger partial charge >= 0.3 is 0 Å². The zero-order valence-corrected chi connectivity index (χ0v) is 12.6. The van der Waals surface area contributed by atoms with Crippen molar-refractivity contribution in [2.45, 2.75) is 32.4 Å². The number of carbonyl (C=O) groups excluding carboxylic acids is 1. The van der Waals surface area contributed by atoms with Gasteiger partial charge in [-0.1, -0.05) is 12.1 Å². The van der Waals surface area contributed by atoms with Crippen LogP contribution in [0.1, 0.15) is 38.1 Å². The SMILES string of the molecule is CC(=O)c1cccc(OCCS(=O)(=O)C(C)(C)C)c1. The molecule has 19 heavy (non-hydrogen) atoms. The van der Waals surface area contributed by atoms with Crippen LogP contribution in [0.2, 0.25) is 0 Å². The van der Waals surface area contributed by atoms with Crippen LogP contribution in [-0.2, 0) is 9.84 Å². The van der Waals surface area contributed by atoms with Crippen LogP contribution >= 0.6 is 0 Å². The van der Waals surface area contributed by atoms with Crippen molar-refractivity contribution in [1.82, 2.24) is 0 Å². The normalized spacial score (nSPS) is 12.2. The molecular weight excluding hydrogens is 264 g/mol. The first-order chi connectivity index (χ1) is 8.63. The van der Waals surface area contributed by atoms with E-state index in [0.29, 0.717) is 11.3 Å². The van der Waals surface area contributed by atoms with Crippen LogP contribution in [0, 0.1) is 0 Å². The van der Waals surface area contributed by atoms with Gasteiger partial charge < -0.3 is 4.74 Å². The Hall–Kier alpha value is -1.36. The number of hydrogen-bond donors (Lipinski definition) is 0. The third kappa shape index (κ3) is 4.35. The summed E-state index contributed by atoms with van der Waals surface area (Å²) in [5, 5.41) is 0. The summed E-state index contributed by atoms with van der Waals surface area (Å²) >= 11 is 0. The third-order valence-electron chi connectivity index (χ3n) is 2.79. The van der Waals surface area contributed by atoms with Crippen LogP contribution in [0.4, 0.5) is 0 Å². The summed E-state index contributed by atoms with van der Waals surface area (Å²) in [5.41, 5.74) is 0.552. The minimum atomic E-state index is -3.19. The quantitative estimate of drug-likeness (QED) is 0.779. The van der Waals surface area contributed by atoms with E-state index >= 15 is 0 Å². The molecule has 0 spiro atoms. The topological polar surface area (TPSA) is 60.4 Å². The number of Topliss-reactive ketones (excluding diaryl/α,β-unsaturated/α-hetero) is 1. The molecule has 0 unspecified atom stereocenters. The largest absolute Gasteiger partial charge is 0.493 e. The fraction of sp³-hybridized carbons (Fsp3) is 0.500. The molecular formula is C14H20O4S. The Balaban J connectivity index is 2.64. The Morgan fingerprint density at radius 2 is 1.89 bits per heavy atom. The van der Waals surface area contributed by atoms with E-state index in [2.05, 4.69) is 0 Å². The van der Waals surface area contributed by atoms with Crippen LogP contribution < -0.4 is 4.74 Å². The van der Waals surface area contributed by atoms with Gasteiger partial charge in [-0.05, 0) is 39.8 Å². The first kappa shape index (κ1) is 15.7. The van der Waals surface area contributed by atoms with Crippen LogP contribution in [0.3, 0.4) is 0 Å². The second-order valence-electron chi connectivity index (χ2n) is 5.36. The summed E-state index contributed by atoms with van der Waals surface area (Å²) in [6.07, 6.45) is 0. The minimum absolute atomic E-state index is 0.0409. The number of ketones is 1. The summed E-state index contributed by atoms with van der Waals surface area (Å²) in [6.45, 7) is 6.56. The maximum Gasteiger partial charge on any atom is 0.159 e. The van der Waals surface area contributed by atoms with Gasteiger partial charge in [0, 0.05) is 5.56 Å². The van der Waals surface area contributed by atoms with Crippen molar-refractivity contribution >= 4 is 15.6 Å². The zero-order valence-electron chi connectivity index (χ0n) is 11.8. The molecule has 0 heterocycles. The lowest BCUT2D eigenvalue weighted by Crippen LogP contribution is -2.32. The van der Waals surface area contributed by atoms with E-state index < -0.39 is 14.6 Å². The van der Waals surface area contributed by atoms with Crippen LogP contribution in [0.15, 0.2) is 24.3 Å². The predicted octanol–water partition coefficient (Wildman–Crippen LogP) is 2.48. The average molecular weight is 284 g/mol. The van der Waals surface area contributed by atoms with Crippen molar-refractivity contribution in [3.63, 3.8) is 0 Å². The van der Waals surface area contributed by atoms with E-state index in [9.17, 15) is 13.2 Å². The molecule has 4 nitrogen and oxygen atoms in total.